The van der Waals surface area contributed by atoms with Gasteiger partial charge >= 0.3 is 23.9 Å². The van der Waals surface area contributed by atoms with Crippen molar-refractivity contribution in [3.8, 4) is 0 Å². The largest absolute Gasteiger partial charge is 0.459 e. The summed E-state index contributed by atoms with van der Waals surface area (Å²) in [6.07, 6.45) is 5.84. The average Bonchev–Trinajstić information content (AvgIpc) is 3.51. The van der Waals surface area contributed by atoms with Gasteiger partial charge in [0.25, 0.3) is 0 Å². The van der Waals surface area contributed by atoms with Gasteiger partial charge in [-0.15, -0.1) is 0 Å². The van der Waals surface area contributed by atoms with E-state index in [1.165, 1.54) is 6.42 Å². The van der Waals surface area contributed by atoms with Gasteiger partial charge in [-0.25, -0.2) is 4.79 Å². The zero-order valence-corrected chi connectivity index (χ0v) is 25.2. The summed E-state index contributed by atoms with van der Waals surface area (Å²) in [5, 5.41) is 10.6. The molecule has 0 spiro atoms. The molecule has 41 heavy (non-hydrogen) atoms. The minimum absolute atomic E-state index is 0.0828. The van der Waals surface area contributed by atoms with Gasteiger partial charge in [-0.3, -0.25) is 14.4 Å². The van der Waals surface area contributed by atoms with Crippen LogP contribution in [-0.2, 0) is 42.9 Å². The van der Waals surface area contributed by atoms with E-state index in [4.69, 9.17) is 23.7 Å². The average molecular weight is 579 g/mol. The van der Waals surface area contributed by atoms with Crippen LogP contribution >= 0.6 is 0 Å². The fraction of sp³-hybridized carbons (Fsp3) is 0.871. The molecule has 3 aliphatic heterocycles. The van der Waals surface area contributed by atoms with Crippen molar-refractivity contribution in [3.63, 3.8) is 0 Å². The molecule has 0 aromatic carbocycles. The van der Waals surface area contributed by atoms with Crippen LogP contribution in [0.3, 0.4) is 0 Å². The third-order valence-electron chi connectivity index (χ3n) is 10.5. The molecule has 10 heteroatoms. The number of carbonyl (C=O) groups excluding carboxylic acids is 4. The fourth-order valence-corrected chi connectivity index (χ4v) is 7.76. The van der Waals surface area contributed by atoms with E-state index in [0.717, 1.165) is 32.1 Å². The molecule has 7 aliphatic rings. The van der Waals surface area contributed by atoms with Gasteiger partial charge in [-0.1, -0.05) is 13.8 Å². The molecule has 4 saturated carbocycles. The number of rotatable bonds is 8. The molecule has 0 aromatic rings. The molecule has 4 aliphatic carbocycles. The number of fused-ring (bicyclic) bond motifs is 1. The second kappa shape index (κ2) is 10.5. The molecule has 7 fully saturated rings. The number of aliphatic hydroxyl groups is 1. The van der Waals surface area contributed by atoms with Crippen LogP contribution < -0.4 is 0 Å². The monoisotopic (exact) mass is 578 g/mol. The van der Waals surface area contributed by atoms with Crippen molar-refractivity contribution in [1.29, 1.82) is 0 Å². The van der Waals surface area contributed by atoms with E-state index < -0.39 is 47.2 Å². The fourth-order valence-electron chi connectivity index (χ4n) is 7.76. The van der Waals surface area contributed by atoms with Gasteiger partial charge in [0.1, 0.15) is 11.7 Å². The lowest BCUT2D eigenvalue weighted by atomic mass is 9.52. The van der Waals surface area contributed by atoms with Gasteiger partial charge in [-0.2, -0.15) is 0 Å². The first-order valence-corrected chi connectivity index (χ1v) is 15.3. The van der Waals surface area contributed by atoms with Gasteiger partial charge in [0.2, 0.25) is 0 Å². The smallest absolute Gasteiger partial charge is 0.344 e. The van der Waals surface area contributed by atoms with Crippen LogP contribution in [0.4, 0.5) is 0 Å². The van der Waals surface area contributed by atoms with E-state index >= 15 is 0 Å². The van der Waals surface area contributed by atoms with Gasteiger partial charge in [0.15, 0.2) is 18.8 Å². The maximum absolute atomic E-state index is 12.4. The Labute approximate surface area is 242 Å². The number of ether oxygens (including phenoxy) is 5. The topological polar surface area (TPSA) is 135 Å². The van der Waals surface area contributed by atoms with Crippen LogP contribution in [0.15, 0.2) is 0 Å². The van der Waals surface area contributed by atoms with Gasteiger partial charge in [-0.05, 0) is 90.9 Å². The van der Waals surface area contributed by atoms with E-state index in [9.17, 15) is 24.3 Å². The molecule has 3 heterocycles. The Morgan fingerprint density at radius 2 is 1.54 bits per heavy atom. The number of hydrogen-bond acceptors (Lipinski definition) is 10. The number of hydrogen-bond donors (Lipinski definition) is 1. The van der Waals surface area contributed by atoms with Gasteiger partial charge in [0.05, 0.1) is 28.5 Å². The molecule has 230 valence electrons. The van der Waals surface area contributed by atoms with Crippen molar-refractivity contribution in [2.24, 2.45) is 28.6 Å². The van der Waals surface area contributed by atoms with E-state index in [2.05, 4.69) is 0 Å². The van der Waals surface area contributed by atoms with Crippen molar-refractivity contribution < 1.29 is 48.0 Å². The summed E-state index contributed by atoms with van der Waals surface area (Å²) < 4.78 is 27.1. The summed E-state index contributed by atoms with van der Waals surface area (Å²) in [7, 11) is 0. The lowest BCUT2D eigenvalue weighted by Crippen LogP contribution is -2.61. The van der Waals surface area contributed by atoms with Crippen LogP contribution in [0.25, 0.3) is 0 Å². The van der Waals surface area contributed by atoms with Crippen molar-refractivity contribution in [1.82, 2.24) is 0 Å². The third kappa shape index (κ3) is 5.75. The minimum Gasteiger partial charge on any atom is -0.459 e. The van der Waals surface area contributed by atoms with Crippen molar-refractivity contribution in [3.05, 3.63) is 0 Å². The van der Waals surface area contributed by atoms with Crippen molar-refractivity contribution in [2.45, 2.75) is 135 Å². The molecule has 7 atom stereocenters. The Kier molecular flexibility index (Phi) is 7.76. The van der Waals surface area contributed by atoms with Crippen LogP contribution in [0.1, 0.15) is 99.3 Å². The molecule has 10 nitrogen and oxygen atoms in total. The first kappa shape index (κ1) is 30.3. The summed E-state index contributed by atoms with van der Waals surface area (Å²) in [6, 6.07) is 0. The Balaban J connectivity index is 0.000000166. The normalized spacial score (nSPS) is 39.6. The van der Waals surface area contributed by atoms with Crippen molar-refractivity contribution in [2.75, 3.05) is 6.61 Å². The summed E-state index contributed by atoms with van der Waals surface area (Å²) >= 11 is 0. The number of esters is 4. The van der Waals surface area contributed by atoms with Crippen molar-refractivity contribution >= 4 is 23.9 Å². The lowest BCUT2D eigenvalue weighted by molar-refractivity contribution is -0.225. The minimum atomic E-state index is -0.652. The van der Waals surface area contributed by atoms with Gasteiger partial charge in [0, 0.05) is 6.42 Å². The first-order valence-electron chi connectivity index (χ1n) is 15.3. The van der Waals surface area contributed by atoms with Crippen LogP contribution in [0.2, 0.25) is 0 Å². The Bertz CT molecular complexity index is 1060. The van der Waals surface area contributed by atoms with Crippen LogP contribution in [0, 0.1) is 28.6 Å². The van der Waals surface area contributed by atoms with E-state index in [-0.39, 0.29) is 35.7 Å². The predicted octanol–water partition coefficient (Wildman–Crippen LogP) is 3.64. The first-order chi connectivity index (χ1) is 19.1. The predicted molar refractivity (Wildman–Crippen MR) is 144 cm³/mol. The highest BCUT2D eigenvalue weighted by atomic mass is 16.7. The second-order valence-electron chi connectivity index (χ2n) is 14.6. The third-order valence-corrected chi connectivity index (χ3v) is 10.5. The molecular weight excluding hydrogens is 532 g/mol. The Morgan fingerprint density at radius 3 is 2.12 bits per heavy atom. The second-order valence-corrected chi connectivity index (χ2v) is 14.6. The maximum Gasteiger partial charge on any atom is 0.344 e. The summed E-state index contributed by atoms with van der Waals surface area (Å²) in [4.78, 5) is 47.6. The highest BCUT2D eigenvalue weighted by Gasteiger charge is 2.65. The Hall–Kier alpha value is -2.20. The van der Waals surface area contributed by atoms with Crippen LogP contribution in [0.5, 0.6) is 0 Å². The highest BCUT2D eigenvalue weighted by Crippen LogP contribution is 2.59. The van der Waals surface area contributed by atoms with Gasteiger partial charge < -0.3 is 28.8 Å². The van der Waals surface area contributed by atoms with E-state index in [0.29, 0.717) is 31.1 Å². The van der Waals surface area contributed by atoms with E-state index in [1.54, 1.807) is 13.8 Å². The van der Waals surface area contributed by atoms with E-state index in [1.807, 2.05) is 27.7 Å². The Morgan fingerprint density at radius 1 is 0.927 bits per heavy atom. The molecule has 6 bridgehead atoms. The standard InChI is InChI=1S/C16H26O3.C15H20O7/c1-4-14(2,3)13(17)19-16-8-11-5-12(9-16)7-15(18,6-11)10-16;1-4-15(2,3)14(18)19-6-9(16)21-11-8-5-7-10(20-8)12(11)22-13(7)17/h11-12,18H,4-10H2,1-3H3;7-8,10-12H,4-6H2,1-3H3. The number of carbonyl (C=O) groups is 4. The molecular formula is C31H46O10. The quantitative estimate of drug-likeness (QED) is 0.336. The lowest BCUT2D eigenvalue weighted by Gasteiger charge is -2.59. The highest BCUT2D eigenvalue weighted by molar-refractivity contribution is 5.80. The molecule has 1 N–H and O–H groups in total. The summed E-state index contributed by atoms with van der Waals surface area (Å²) in [5.74, 6) is -0.571. The summed E-state index contributed by atoms with van der Waals surface area (Å²) in [5.41, 5.74) is -1.96. The molecule has 0 radical (unpaired) electrons. The molecule has 0 aromatic heterocycles. The maximum atomic E-state index is 12.4. The SMILES string of the molecule is CCC(C)(C)C(=O)OC12CC3CC(CC(O)(C3)C1)C2.CCC(C)(C)C(=O)OCC(=O)OC1C2CC3C(=O)OC1C3O2. The molecule has 7 unspecified atom stereocenters. The zero-order valence-electron chi connectivity index (χ0n) is 25.2. The summed E-state index contributed by atoms with van der Waals surface area (Å²) in [6.45, 7) is 10.9. The van der Waals surface area contributed by atoms with Crippen LogP contribution in [-0.4, -0.2) is 71.2 Å². The molecule has 0 amide bonds. The molecule has 7 rings (SSSR count). The zero-order chi connectivity index (χ0) is 30.0. The molecule has 3 saturated heterocycles.